The highest BCUT2D eigenvalue weighted by molar-refractivity contribution is 6.00. The van der Waals surface area contributed by atoms with Crippen LogP contribution < -0.4 is 15.0 Å². The first-order valence-electron chi connectivity index (χ1n) is 8.05. The molecule has 28 heavy (non-hydrogen) atoms. The van der Waals surface area contributed by atoms with Gasteiger partial charge in [0.05, 0.1) is 32.4 Å². The minimum Gasteiger partial charge on any atom is -0.493 e. The van der Waals surface area contributed by atoms with E-state index in [1.165, 1.54) is 20.3 Å². The van der Waals surface area contributed by atoms with E-state index in [1.807, 2.05) is 6.07 Å². The van der Waals surface area contributed by atoms with Crippen molar-refractivity contribution in [2.24, 2.45) is 0 Å². The van der Waals surface area contributed by atoms with Gasteiger partial charge in [0.2, 0.25) is 0 Å². The molecule has 0 fully saturated rings. The van der Waals surface area contributed by atoms with Crippen molar-refractivity contribution in [3.05, 3.63) is 63.8 Å². The number of fused-ring (bicyclic) bond motifs is 1. The number of nitriles is 1. The minimum atomic E-state index is -0.940. The van der Waals surface area contributed by atoms with Gasteiger partial charge in [0.1, 0.15) is 17.4 Å². The smallest absolute Gasteiger partial charge is 0.344 e. The highest BCUT2D eigenvalue weighted by Crippen LogP contribution is 2.35. The largest absolute Gasteiger partial charge is 0.493 e. The number of ether oxygens (including phenoxy) is 3. The number of carbonyl (C=O) groups is 1. The Morgan fingerprint density at radius 2 is 1.82 bits per heavy atom. The van der Waals surface area contributed by atoms with Crippen molar-refractivity contribution in [1.29, 1.82) is 5.26 Å². The summed E-state index contributed by atoms with van der Waals surface area (Å²) in [5.74, 6) is -0.846. The molecule has 3 rings (SSSR count). The van der Waals surface area contributed by atoms with Crippen LogP contribution in [0.15, 0.2) is 41.3 Å². The Balaban J connectivity index is 2.51. The summed E-state index contributed by atoms with van der Waals surface area (Å²) in [5, 5.41) is 9.78. The number of esters is 1. The second-order valence-electron chi connectivity index (χ2n) is 5.71. The van der Waals surface area contributed by atoms with Gasteiger partial charge < -0.3 is 14.2 Å². The normalized spacial score (nSPS) is 10.4. The summed E-state index contributed by atoms with van der Waals surface area (Å²) in [6.07, 6.45) is 0.920. The monoisotopic (exact) mass is 382 g/mol. The number of rotatable bonds is 4. The number of benzene rings is 1. The number of carbonyl (C=O) groups excluding carboxylic acids is 1. The Bertz CT molecular complexity index is 1190. The lowest BCUT2D eigenvalue weighted by Crippen LogP contribution is -2.25. The van der Waals surface area contributed by atoms with Gasteiger partial charge in [-0.25, -0.2) is 9.18 Å². The molecule has 142 valence electrons. The molecule has 0 atom stereocenters. The van der Waals surface area contributed by atoms with Crippen molar-refractivity contribution in [2.75, 3.05) is 21.3 Å². The van der Waals surface area contributed by atoms with Gasteiger partial charge in [0.25, 0.3) is 5.56 Å². The average molecular weight is 382 g/mol. The van der Waals surface area contributed by atoms with Crippen molar-refractivity contribution in [3.63, 3.8) is 0 Å². The van der Waals surface area contributed by atoms with Crippen LogP contribution in [0.1, 0.15) is 15.9 Å². The maximum Gasteiger partial charge on any atom is 0.344 e. The lowest BCUT2D eigenvalue weighted by molar-refractivity contribution is 0.0599. The zero-order valence-electron chi connectivity index (χ0n) is 15.3. The van der Waals surface area contributed by atoms with E-state index in [1.54, 1.807) is 18.2 Å². The van der Waals surface area contributed by atoms with Crippen molar-refractivity contribution in [3.8, 4) is 28.7 Å². The molecule has 0 unspecified atom stereocenters. The molecular formula is C20H15FN2O5. The van der Waals surface area contributed by atoms with Crippen LogP contribution in [0.5, 0.6) is 11.5 Å². The molecule has 0 saturated heterocycles. The fourth-order valence-electron chi connectivity index (χ4n) is 3.01. The van der Waals surface area contributed by atoms with Crippen LogP contribution in [0.2, 0.25) is 0 Å². The molecule has 2 heterocycles. The second-order valence-corrected chi connectivity index (χ2v) is 5.71. The van der Waals surface area contributed by atoms with E-state index in [9.17, 15) is 19.2 Å². The summed E-state index contributed by atoms with van der Waals surface area (Å²) in [5.41, 5.74) is -0.552. The molecule has 0 spiro atoms. The van der Waals surface area contributed by atoms with Crippen LogP contribution in [-0.2, 0) is 4.74 Å². The molecule has 0 saturated carbocycles. The third-order valence-corrected chi connectivity index (χ3v) is 4.27. The van der Waals surface area contributed by atoms with Gasteiger partial charge in [-0.15, -0.1) is 0 Å². The number of pyridine rings is 2. The van der Waals surface area contributed by atoms with E-state index in [-0.39, 0.29) is 22.2 Å². The Labute approximate surface area is 159 Å². The van der Waals surface area contributed by atoms with Gasteiger partial charge in [-0.1, -0.05) is 6.07 Å². The second kappa shape index (κ2) is 7.40. The topological polar surface area (TPSA) is 90.0 Å². The summed E-state index contributed by atoms with van der Waals surface area (Å²) < 4.78 is 29.8. The number of aromatic nitrogens is 1. The third kappa shape index (κ3) is 2.93. The maximum atomic E-state index is 13.7. The molecule has 7 nitrogen and oxygen atoms in total. The summed E-state index contributed by atoms with van der Waals surface area (Å²) >= 11 is 0. The summed E-state index contributed by atoms with van der Waals surface area (Å²) in [4.78, 5) is 25.4. The summed E-state index contributed by atoms with van der Waals surface area (Å²) in [6, 6.07) is 9.16. The summed E-state index contributed by atoms with van der Waals surface area (Å²) in [7, 11) is 4.02. The Kier molecular flexibility index (Phi) is 5.00. The lowest BCUT2D eigenvalue weighted by Gasteiger charge is -2.15. The predicted octanol–water partition coefficient (Wildman–Crippen LogP) is 2.78. The molecule has 2 aromatic heterocycles. The first-order valence-corrected chi connectivity index (χ1v) is 8.05. The molecule has 1 aromatic carbocycles. The zero-order chi connectivity index (χ0) is 20.4. The van der Waals surface area contributed by atoms with Crippen LogP contribution in [0.4, 0.5) is 4.39 Å². The van der Waals surface area contributed by atoms with Crippen molar-refractivity contribution in [1.82, 2.24) is 4.40 Å². The molecule has 3 aromatic rings. The first kappa shape index (κ1) is 18.9. The molecule has 8 heteroatoms. The maximum absolute atomic E-state index is 13.7. The fraction of sp³-hybridized carbons (Fsp3) is 0.150. The quantitative estimate of drug-likeness (QED) is 0.645. The van der Waals surface area contributed by atoms with Crippen molar-refractivity contribution < 1.29 is 23.4 Å². The van der Waals surface area contributed by atoms with Gasteiger partial charge in [0.15, 0.2) is 11.5 Å². The zero-order valence-corrected chi connectivity index (χ0v) is 15.3. The van der Waals surface area contributed by atoms with Crippen LogP contribution in [0.25, 0.3) is 16.6 Å². The van der Waals surface area contributed by atoms with Crippen molar-refractivity contribution >= 4 is 11.5 Å². The first-order chi connectivity index (χ1) is 13.5. The van der Waals surface area contributed by atoms with Crippen molar-refractivity contribution in [2.45, 2.75) is 0 Å². The molecule has 0 amide bonds. The number of hydrogen-bond donors (Lipinski definition) is 0. The number of hydrogen-bond acceptors (Lipinski definition) is 6. The van der Waals surface area contributed by atoms with Gasteiger partial charge in [-0.05, 0) is 29.8 Å². The van der Waals surface area contributed by atoms with Gasteiger partial charge in [0, 0.05) is 11.8 Å². The molecule has 0 N–H and O–H groups in total. The van der Waals surface area contributed by atoms with E-state index >= 15 is 0 Å². The van der Waals surface area contributed by atoms with Crippen LogP contribution in [-0.4, -0.2) is 31.7 Å². The Morgan fingerprint density at radius 1 is 1.11 bits per heavy atom. The third-order valence-electron chi connectivity index (χ3n) is 4.27. The van der Waals surface area contributed by atoms with Crippen LogP contribution in [0.3, 0.4) is 0 Å². The predicted molar refractivity (Wildman–Crippen MR) is 98.2 cm³/mol. The van der Waals surface area contributed by atoms with Crippen LogP contribution in [0, 0.1) is 17.1 Å². The minimum absolute atomic E-state index is 0.0206. The SMILES string of the molecule is COC(=O)c1c(-c2ccc(OC)c(OC)c2)c(C#N)c2ccc(F)cn2c1=O. The molecule has 0 aliphatic rings. The van der Waals surface area contributed by atoms with Gasteiger partial charge >= 0.3 is 5.97 Å². The van der Waals surface area contributed by atoms with Gasteiger partial charge in [-0.3, -0.25) is 9.20 Å². The van der Waals surface area contributed by atoms with E-state index < -0.39 is 17.3 Å². The average Bonchev–Trinajstić information content (AvgIpc) is 2.72. The molecule has 0 aliphatic heterocycles. The van der Waals surface area contributed by atoms with E-state index in [0.29, 0.717) is 17.1 Å². The van der Waals surface area contributed by atoms with Crippen LogP contribution >= 0.6 is 0 Å². The lowest BCUT2D eigenvalue weighted by atomic mass is 9.94. The van der Waals surface area contributed by atoms with E-state index in [0.717, 1.165) is 23.8 Å². The highest BCUT2D eigenvalue weighted by Gasteiger charge is 2.26. The number of halogens is 1. The fourth-order valence-corrected chi connectivity index (χ4v) is 3.01. The molecule has 0 radical (unpaired) electrons. The molecule has 0 aliphatic carbocycles. The van der Waals surface area contributed by atoms with E-state index in [2.05, 4.69) is 0 Å². The molecular weight excluding hydrogens is 367 g/mol. The number of nitrogens with zero attached hydrogens (tertiary/aromatic N) is 2. The Morgan fingerprint density at radius 3 is 2.43 bits per heavy atom. The van der Waals surface area contributed by atoms with E-state index in [4.69, 9.17) is 14.2 Å². The Hall–Kier alpha value is -3.86. The van der Waals surface area contributed by atoms with Gasteiger partial charge in [-0.2, -0.15) is 5.26 Å². The number of methoxy groups -OCH3 is 3. The highest BCUT2D eigenvalue weighted by atomic mass is 19.1. The molecule has 0 bridgehead atoms. The summed E-state index contributed by atoms with van der Waals surface area (Å²) in [6.45, 7) is 0. The standard InChI is InChI=1S/C20H15FN2O5/c1-26-15-7-4-11(8-16(15)27-2)17-13(9-22)14-6-5-12(21)10-23(14)19(24)18(17)20(25)28-3/h4-8,10H,1-3H3.